The lowest BCUT2D eigenvalue weighted by atomic mass is 10.0. The molecule has 15 heavy (non-hydrogen) atoms. The number of amides is 1. The van der Waals surface area contributed by atoms with Crippen molar-refractivity contribution >= 4 is 11.5 Å². The molecule has 1 amide bonds. The van der Waals surface area contributed by atoms with Gasteiger partial charge in [0, 0.05) is 7.05 Å². The summed E-state index contributed by atoms with van der Waals surface area (Å²) in [5.41, 5.74) is 2.35. The van der Waals surface area contributed by atoms with Gasteiger partial charge in [0.25, 0.3) is 5.91 Å². The molecule has 1 aromatic rings. The maximum Gasteiger partial charge on any atom is 0.258 e. The lowest BCUT2D eigenvalue weighted by molar-refractivity contribution is -0.122. The largest absolute Gasteiger partial charge is 0.510 e. The van der Waals surface area contributed by atoms with Gasteiger partial charge in [0.15, 0.2) is 0 Å². The normalized spacial score (nSPS) is 16.4. The van der Waals surface area contributed by atoms with Gasteiger partial charge in [0.05, 0.1) is 12.1 Å². The van der Waals surface area contributed by atoms with Crippen LogP contribution in [0.5, 0.6) is 0 Å². The topological polar surface area (TPSA) is 40.5 Å². The molecule has 0 spiro atoms. The van der Waals surface area contributed by atoms with Crippen LogP contribution in [0.2, 0.25) is 0 Å². The summed E-state index contributed by atoms with van der Waals surface area (Å²) in [7, 11) is 1.68. The van der Waals surface area contributed by atoms with Crippen LogP contribution in [-0.4, -0.2) is 29.5 Å². The third-order valence-corrected chi connectivity index (χ3v) is 2.58. The van der Waals surface area contributed by atoms with Crippen LogP contribution in [0.15, 0.2) is 30.0 Å². The van der Waals surface area contributed by atoms with Crippen LogP contribution in [0.25, 0.3) is 5.57 Å². The SMILES string of the molecule is Cc1ccc(C2=C(O)CN(C)C2=O)cc1. The molecule has 0 saturated carbocycles. The van der Waals surface area contributed by atoms with Gasteiger partial charge in [-0.15, -0.1) is 0 Å². The number of hydrogen-bond acceptors (Lipinski definition) is 2. The molecule has 0 radical (unpaired) electrons. The van der Waals surface area contributed by atoms with Crippen LogP contribution in [0.1, 0.15) is 11.1 Å². The fourth-order valence-corrected chi connectivity index (χ4v) is 1.70. The Balaban J connectivity index is 2.43. The van der Waals surface area contributed by atoms with Crippen molar-refractivity contribution in [2.75, 3.05) is 13.6 Å². The third kappa shape index (κ3) is 1.61. The van der Waals surface area contributed by atoms with E-state index in [9.17, 15) is 9.90 Å². The summed E-state index contributed by atoms with van der Waals surface area (Å²) >= 11 is 0. The fourth-order valence-electron chi connectivity index (χ4n) is 1.70. The monoisotopic (exact) mass is 203 g/mol. The molecule has 1 aliphatic rings. The molecule has 1 aliphatic heterocycles. The van der Waals surface area contributed by atoms with E-state index in [1.165, 1.54) is 4.90 Å². The number of carbonyl (C=O) groups is 1. The Bertz CT molecular complexity index is 431. The van der Waals surface area contributed by atoms with Gasteiger partial charge in [0.1, 0.15) is 5.76 Å². The quantitative estimate of drug-likeness (QED) is 0.755. The molecule has 1 heterocycles. The van der Waals surface area contributed by atoms with Crippen molar-refractivity contribution in [2.24, 2.45) is 0 Å². The zero-order chi connectivity index (χ0) is 11.0. The highest BCUT2D eigenvalue weighted by atomic mass is 16.3. The maximum absolute atomic E-state index is 11.7. The van der Waals surface area contributed by atoms with E-state index < -0.39 is 0 Å². The molecule has 3 heteroatoms. The highest BCUT2D eigenvalue weighted by Crippen LogP contribution is 2.25. The van der Waals surface area contributed by atoms with Crippen molar-refractivity contribution in [1.29, 1.82) is 0 Å². The van der Waals surface area contributed by atoms with Gasteiger partial charge in [-0.25, -0.2) is 0 Å². The van der Waals surface area contributed by atoms with E-state index in [0.29, 0.717) is 12.1 Å². The summed E-state index contributed by atoms with van der Waals surface area (Å²) < 4.78 is 0. The van der Waals surface area contributed by atoms with Crippen molar-refractivity contribution in [1.82, 2.24) is 4.90 Å². The van der Waals surface area contributed by atoms with E-state index in [4.69, 9.17) is 0 Å². The highest BCUT2D eigenvalue weighted by molar-refractivity contribution is 6.22. The predicted molar refractivity (Wildman–Crippen MR) is 58.4 cm³/mol. The van der Waals surface area contributed by atoms with Gasteiger partial charge in [-0.3, -0.25) is 4.79 Å². The standard InChI is InChI=1S/C12H13NO2/c1-8-3-5-9(6-4-8)11-10(14)7-13(2)12(11)15/h3-6,14H,7H2,1-2H3. The van der Waals surface area contributed by atoms with E-state index in [1.54, 1.807) is 7.05 Å². The number of aryl methyl sites for hydroxylation is 1. The second-order valence-electron chi connectivity index (χ2n) is 3.85. The first-order chi connectivity index (χ1) is 7.09. The molecule has 1 aromatic carbocycles. The van der Waals surface area contributed by atoms with Gasteiger partial charge in [-0.2, -0.15) is 0 Å². The molecule has 0 atom stereocenters. The molecular weight excluding hydrogens is 190 g/mol. The van der Waals surface area contributed by atoms with Crippen molar-refractivity contribution in [3.63, 3.8) is 0 Å². The van der Waals surface area contributed by atoms with Crippen LogP contribution in [0, 0.1) is 6.92 Å². The number of likely N-dealkylation sites (N-methyl/N-ethyl adjacent to an activating group) is 1. The van der Waals surface area contributed by atoms with E-state index in [2.05, 4.69) is 0 Å². The van der Waals surface area contributed by atoms with Crippen molar-refractivity contribution in [2.45, 2.75) is 6.92 Å². The number of aliphatic hydroxyl groups excluding tert-OH is 1. The van der Waals surface area contributed by atoms with Gasteiger partial charge < -0.3 is 10.0 Å². The number of hydrogen-bond donors (Lipinski definition) is 1. The van der Waals surface area contributed by atoms with E-state index in [0.717, 1.165) is 11.1 Å². The Hall–Kier alpha value is -1.77. The first-order valence-corrected chi connectivity index (χ1v) is 4.84. The molecule has 1 N–H and O–H groups in total. The second-order valence-corrected chi connectivity index (χ2v) is 3.85. The Labute approximate surface area is 88.6 Å². The average molecular weight is 203 g/mol. The first kappa shape index (κ1) is 9.77. The molecule has 2 rings (SSSR count). The summed E-state index contributed by atoms with van der Waals surface area (Å²) in [4.78, 5) is 13.2. The zero-order valence-electron chi connectivity index (χ0n) is 8.82. The Morgan fingerprint density at radius 3 is 2.33 bits per heavy atom. The summed E-state index contributed by atoms with van der Waals surface area (Å²) in [5, 5.41) is 9.67. The zero-order valence-corrected chi connectivity index (χ0v) is 8.82. The smallest absolute Gasteiger partial charge is 0.258 e. The van der Waals surface area contributed by atoms with E-state index in [-0.39, 0.29) is 11.7 Å². The number of benzene rings is 1. The lowest BCUT2D eigenvalue weighted by Crippen LogP contribution is -2.21. The molecular formula is C12H13NO2. The van der Waals surface area contributed by atoms with Gasteiger partial charge in [-0.1, -0.05) is 29.8 Å². The molecule has 0 fully saturated rings. The third-order valence-electron chi connectivity index (χ3n) is 2.58. The van der Waals surface area contributed by atoms with E-state index in [1.807, 2.05) is 31.2 Å². The molecule has 0 unspecified atom stereocenters. The minimum absolute atomic E-state index is 0.114. The van der Waals surface area contributed by atoms with Crippen LogP contribution >= 0.6 is 0 Å². The number of rotatable bonds is 1. The second kappa shape index (κ2) is 3.42. The highest BCUT2D eigenvalue weighted by Gasteiger charge is 2.28. The number of aliphatic hydroxyl groups is 1. The molecule has 78 valence electrons. The van der Waals surface area contributed by atoms with Crippen molar-refractivity contribution in [3.05, 3.63) is 41.2 Å². The van der Waals surface area contributed by atoms with Gasteiger partial charge in [-0.05, 0) is 12.5 Å². The summed E-state index contributed by atoms with van der Waals surface area (Å²) in [6.07, 6.45) is 0. The lowest BCUT2D eigenvalue weighted by Gasteiger charge is -2.07. The summed E-state index contributed by atoms with van der Waals surface area (Å²) in [6, 6.07) is 7.58. The van der Waals surface area contributed by atoms with Crippen molar-refractivity contribution in [3.8, 4) is 0 Å². The molecule has 0 aromatic heterocycles. The molecule has 0 saturated heterocycles. The summed E-state index contributed by atoms with van der Waals surface area (Å²) in [6.45, 7) is 2.29. The Kier molecular flexibility index (Phi) is 2.23. The van der Waals surface area contributed by atoms with Crippen LogP contribution in [0.4, 0.5) is 0 Å². The van der Waals surface area contributed by atoms with Crippen LogP contribution in [0.3, 0.4) is 0 Å². The average Bonchev–Trinajstić information content (AvgIpc) is 2.44. The maximum atomic E-state index is 11.7. The van der Waals surface area contributed by atoms with Gasteiger partial charge in [0.2, 0.25) is 0 Å². The van der Waals surface area contributed by atoms with E-state index >= 15 is 0 Å². The minimum Gasteiger partial charge on any atom is -0.510 e. The minimum atomic E-state index is -0.114. The first-order valence-electron chi connectivity index (χ1n) is 4.84. The van der Waals surface area contributed by atoms with Gasteiger partial charge >= 0.3 is 0 Å². The van der Waals surface area contributed by atoms with Crippen molar-refractivity contribution < 1.29 is 9.90 Å². The Morgan fingerprint density at radius 1 is 1.27 bits per heavy atom. The Morgan fingerprint density at radius 2 is 1.87 bits per heavy atom. The summed E-state index contributed by atoms with van der Waals surface area (Å²) in [5.74, 6) is 0.0442. The van der Waals surface area contributed by atoms with Crippen LogP contribution < -0.4 is 0 Å². The number of carbonyl (C=O) groups excluding carboxylic acids is 1. The molecule has 3 nitrogen and oxygen atoms in total. The molecule has 0 bridgehead atoms. The fraction of sp³-hybridized carbons (Fsp3) is 0.250. The predicted octanol–water partition coefficient (Wildman–Crippen LogP) is 1.74. The number of nitrogens with zero attached hydrogens (tertiary/aromatic N) is 1. The molecule has 0 aliphatic carbocycles. The van der Waals surface area contributed by atoms with Crippen LogP contribution in [-0.2, 0) is 4.79 Å².